The minimum atomic E-state index is -1.63. The summed E-state index contributed by atoms with van der Waals surface area (Å²) in [6.07, 6.45) is -4.67. The van der Waals surface area contributed by atoms with Crippen molar-refractivity contribution < 1.29 is 29.3 Å². The lowest BCUT2D eigenvalue weighted by molar-refractivity contribution is -0.0641. The average Bonchev–Trinajstić information content (AvgIpc) is 2.85. The third kappa shape index (κ3) is 4.20. The van der Waals surface area contributed by atoms with E-state index < -0.39 is 30.8 Å². The molecular formula is C12H17N3O6. The molecule has 0 fully saturated rings. The number of hydrogen-bond acceptors (Lipinski definition) is 7. The predicted molar refractivity (Wildman–Crippen MR) is 70.4 cm³/mol. The molecule has 0 unspecified atom stereocenters. The van der Waals surface area contributed by atoms with E-state index in [9.17, 15) is 20.1 Å². The van der Waals surface area contributed by atoms with Crippen LogP contribution in [-0.2, 0) is 4.74 Å². The van der Waals surface area contributed by atoms with Gasteiger partial charge in [-0.25, -0.2) is 4.79 Å². The minimum absolute atomic E-state index is 0.0944. The van der Waals surface area contributed by atoms with Crippen molar-refractivity contribution in [1.82, 2.24) is 0 Å². The van der Waals surface area contributed by atoms with Crippen LogP contribution >= 0.6 is 0 Å². The SMILES string of the molecule is CCOC(=O)c1cc([C@@H](O)[C@H](O)[C@H](O)CN=[N+]=[N-])oc1C. The number of azide groups is 1. The van der Waals surface area contributed by atoms with E-state index in [-0.39, 0.29) is 23.7 Å². The Morgan fingerprint density at radius 1 is 1.52 bits per heavy atom. The standard InChI is InChI=1S/C12H17N3O6/c1-3-20-12(19)7-4-9(21-6(7)2)11(18)10(17)8(16)5-14-15-13/h4,8,10-11,16-18H,3,5H2,1-2H3/t8-,10-,11-/m1/s1. The first-order valence-corrected chi connectivity index (χ1v) is 6.24. The van der Waals surface area contributed by atoms with Gasteiger partial charge in [-0.15, -0.1) is 0 Å². The molecule has 1 rings (SSSR count). The lowest BCUT2D eigenvalue weighted by atomic mass is 10.1. The second-order valence-corrected chi connectivity index (χ2v) is 4.26. The Balaban J connectivity index is 2.87. The molecular weight excluding hydrogens is 282 g/mol. The van der Waals surface area contributed by atoms with Crippen molar-refractivity contribution in [2.24, 2.45) is 5.11 Å². The Morgan fingerprint density at radius 3 is 2.76 bits per heavy atom. The van der Waals surface area contributed by atoms with E-state index in [0.29, 0.717) is 0 Å². The lowest BCUT2D eigenvalue weighted by Gasteiger charge is -2.19. The van der Waals surface area contributed by atoms with Crippen LogP contribution in [0.15, 0.2) is 15.6 Å². The number of rotatable bonds is 7. The summed E-state index contributed by atoms with van der Waals surface area (Å²) in [5.41, 5.74) is 8.26. The largest absolute Gasteiger partial charge is 0.463 e. The Hall–Kier alpha value is -2.06. The molecule has 3 atom stereocenters. The van der Waals surface area contributed by atoms with Gasteiger partial charge in [0.25, 0.3) is 0 Å². The number of nitrogens with zero attached hydrogens (tertiary/aromatic N) is 3. The van der Waals surface area contributed by atoms with Gasteiger partial charge in [0.2, 0.25) is 0 Å². The number of carbonyl (C=O) groups is 1. The summed E-state index contributed by atoms with van der Waals surface area (Å²) in [6.45, 7) is 2.94. The first-order valence-electron chi connectivity index (χ1n) is 6.24. The number of aliphatic hydroxyl groups is 3. The number of furan rings is 1. The highest BCUT2D eigenvalue weighted by atomic mass is 16.5. The molecule has 0 saturated carbocycles. The van der Waals surface area contributed by atoms with E-state index >= 15 is 0 Å². The summed E-state index contributed by atoms with van der Waals surface area (Å²) >= 11 is 0. The van der Waals surface area contributed by atoms with Crippen molar-refractivity contribution in [3.63, 3.8) is 0 Å². The van der Waals surface area contributed by atoms with Crippen LogP contribution in [0.1, 0.15) is 34.9 Å². The quantitative estimate of drug-likeness (QED) is 0.294. The summed E-state index contributed by atoms with van der Waals surface area (Å²) in [6, 6.07) is 1.24. The zero-order valence-corrected chi connectivity index (χ0v) is 11.6. The Kier molecular flexibility index (Phi) is 6.19. The lowest BCUT2D eigenvalue weighted by Crippen LogP contribution is -2.34. The highest BCUT2D eigenvalue weighted by molar-refractivity contribution is 5.90. The van der Waals surface area contributed by atoms with Crippen LogP contribution in [-0.4, -0.2) is 46.6 Å². The molecule has 0 bridgehead atoms. The number of aliphatic hydroxyl groups excluding tert-OH is 3. The minimum Gasteiger partial charge on any atom is -0.463 e. The van der Waals surface area contributed by atoms with E-state index in [1.807, 2.05) is 0 Å². The summed E-state index contributed by atoms with van der Waals surface area (Å²) < 4.78 is 10.0. The van der Waals surface area contributed by atoms with Crippen LogP contribution in [0.25, 0.3) is 10.4 Å². The molecule has 9 heteroatoms. The van der Waals surface area contributed by atoms with Crippen LogP contribution in [0.5, 0.6) is 0 Å². The Morgan fingerprint density at radius 2 is 2.19 bits per heavy atom. The van der Waals surface area contributed by atoms with Gasteiger partial charge in [-0.05, 0) is 25.4 Å². The third-order valence-corrected chi connectivity index (χ3v) is 2.77. The first kappa shape index (κ1) is 17.0. The number of carbonyl (C=O) groups excluding carboxylic acids is 1. The van der Waals surface area contributed by atoms with Gasteiger partial charge in [-0.2, -0.15) is 0 Å². The fourth-order valence-corrected chi connectivity index (χ4v) is 1.67. The number of esters is 1. The molecule has 1 aromatic rings. The Bertz CT molecular complexity index is 537. The van der Waals surface area contributed by atoms with Crippen LogP contribution in [0.4, 0.5) is 0 Å². The van der Waals surface area contributed by atoms with E-state index in [1.165, 1.54) is 13.0 Å². The van der Waals surface area contributed by atoms with E-state index in [4.69, 9.17) is 14.7 Å². The predicted octanol–water partition coefficient (Wildman–Crippen LogP) is 0.830. The first-order chi connectivity index (χ1) is 9.92. The smallest absolute Gasteiger partial charge is 0.341 e. The monoisotopic (exact) mass is 299 g/mol. The summed E-state index contributed by atoms with van der Waals surface area (Å²) in [4.78, 5) is 14.1. The van der Waals surface area contributed by atoms with Crippen LogP contribution in [0, 0.1) is 6.92 Å². The van der Waals surface area contributed by atoms with Crippen LogP contribution < -0.4 is 0 Å². The van der Waals surface area contributed by atoms with Gasteiger partial charge in [-0.3, -0.25) is 0 Å². The molecule has 21 heavy (non-hydrogen) atoms. The zero-order valence-electron chi connectivity index (χ0n) is 11.6. The van der Waals surface area contributed by atoms with E-state index in [0.717, 1.165) is 0 Å². The molecule has 0 amide bonds. The van der Waals surface area contributed by atoms with Crippen LogP contribution in [0.2, 0.25) is 0 Å². The Labute approximate surface area is 120 Å². The van der Waals surface area contributed by atoms with E-state index in [1.54, 1.807) is 6.92 Å². The van der Waals surface area contributed by atoms with Gasteiger partial charge in [0, 0.05) is 4.91 Å². The maximum absolute atomic E-state index is 11.6. The molecule has 116 valence electrons. The van der Waals surface area contributed by atoms with Gasteiger partial charge in [0.15, 0.2) is 0 Å². The fraction of sp³-hybridized carbons (Fsp3) is 0.583. The molecule has 3 N–H and O–H groups in total. The number of aryl methyl sites for hydroxylation is 1. The molecule has 9 nitrogen and oxygen atoms in total. The molecule has 0 aliphatic heterocycles. The van der Waals surface area contributed by atoms with Gasteiger partial charge in [0.05, 0.1) is 19.3 Å². The molecule has 0 aliphatic carbocycles. The molecule has 0 aliphatic rings. The molecule has 0 aromatic carbocycles. The van der Waals surface area contributed by atoms with Gasteiger partial charge >= 0.3 is 5.97 Å². The maximum Gasteiger partial charge on any atom is 0.341 e. The zero-order chi connectivity index (χ0) is 16.0. The maximum atomic E-state index is 11.6. The van der Waals surface area contributed by atoms with Crippen molar-refractivity contribution in [2.75, 3.05) is 13.2 Å². The van der Waals surface area contributed by atoms with Crippen molar-refractivity contribution in [3.8, 4) is 0 Å². The summed E-state index contributed by atoms with van der Waals surface area (Å²) in [5, 5.41) is 32.3. The second kappa shape index (κ2) is 7.65. The third-order valence-electron chi connectivity index (χ3n) is 2.77. The van der Waals surface area contributed by atoms with E-state index in [2.05, 4.69) is 10.0 Å². The van der Waals surface area contributed by atoms with Gasteiger partial charge < -0.3 is 24.5 Å². The van der Waals surface area contributed by atoms with Crippen molar-refractivity contribution in [2.45, 2.75) is 32.2 Å². The van der Waals surface area contributed by atoms with Crippen molar-refractivity contribution in [3.05, 3.63) is 33.6 Å². The molecule has 0 spiro atoms. The van der Waals surface area contributed by atoms with Gasteiger partial charge in [0.1, 0.15) is 29.3 Å². The summed E-state index contributed by atoms with van der Waals surface area (Å²) in [5.74, 6) is -0.483. The molecule has 1 aromatic heterocycles. The highest BCUT2D eigenvalue weighted by Crippen LogP contribution is 2.25. The van der Waals surface area contributed by atoms with Crippen molar-refractivity contribution >= 4 is 5.97 Å². The second-order valence-electron chi connectivity index (χ2n) is 4.26. The normalized spacial score (nSPS) is 14.9. The topological polar surface area (TPSA) is 149 Å². The average molecular weight is 299 g/mol. The van der Waals surface area contributed by atoms with Crippen molar-refractivity contribution in [1.29, 1.82) is 0 Å². The summed E-state index contributed by atoms with van der Waals surface area (Å²) in [7, 11) is 0. The molecule has 0 radical (unpaired) electrons. The fourth-order valence-electron chi connectivity index (χ4n) is 1.67. The number of hydrogen-bond donors (Lipinski definition) is 3. The molecule has 0 saturated heterocycles. The highest BCUT2D eigenvalue weighted by Gasteiger charge is 2.29. The number of ether oxygens (including phenoxy) is 1. The molecule has 1 heterocycles. The van der Waals surface area contributed by atoms with Gasteiger partial charge in [-0.1, -0.05) is 5.11 Å². The van der Waals surface area contributed by atoms with Crippen LogP contribution in [0.3, 0.4) is 0 Å².